The fraction of sp³-hybridized carbons (Fsp3) is 0.250. The standard InChI is InChI=1S/C16H16BrNO2/c1-10-2-4-12(9-15(10)19)18-14-6-7-20-16-5-3-11(17)8-13(14)16/h2-5,8-9,14,18-19H,6-7H2,1H3. The highest BCUT2D eigenvalue weighted by molar-refractivity contribution is 9.10. The Kier molecular flexibility index (Phi) is 3.57. The SMILES string of the molecule is Cc1ccc(NC2CCOc3ccc(Br)cc32)cc1O. The zero-order valence-electron chi connectivity index (χ0n) is 11.2. The molecule has 1 heterocycles. The van der Waals surface area contributed by atoms with Gasteiger partial charge in [0.1, 0.15) is 11.5 Å². The first-order valence-electron chi connectivity index (χ1n) is 6.62. The monoisotopic (exact) mass is 333 g/mol. The first-order chi connectivity index (χ1) is 9.63. The highest BCUT2D eigenvalue weighted by Gasteiger charge is 2.21. The maximum atomic E-state index is 9.80. The van der Waals surface area contributed by atoms with E-state index >= 15 is 0 Å². The van der Waals surface area contributed by atoms with Crippen molar-refractivity contribution >= 4 is 21.6 Å². The first-order valence-corrected chi connectivity index (χ1v) is 7.41. The van der Waals surface area contributed by atoms with Crippen molar-refractivity contribution in [2.45, 2.75) is 19.4 Å². The van der Waals surface area contributed by atoms with Crippen LogP contribution in [0.5, 0.6) is 11.5 Å². The lowest BCUT2D eigenvalue weighted by Crippen LogP contribution is -2.20. The molecule has 0 amide bonds. The molecular weight excluding hydrogens is 318 g/mol. The molecule has 1 aliphatic heterocycles. The summed E-state index contributed by atoms with van der Waals surface area (Å²) in [5.74, 6) is 1.24. The summed E-state index contributed by atoms with van der Waals surface area (Å²) in [6.07, 6.45) is 0.901. The van der Waals surface area contributed by atoms with Gasteiger partial charge in [-0.15, -0.1) is 0 Å². The molecule has 20 heavy (non-hydrogen) atoms. The minimum absolute atomic E-state index is 0.193. The molecule has 3 rings (SSSR count). The molecule has 0 spiro atoms. The van der Waals surface area contributed by atoms with Crippen molar-refractivity contribution in [1.29, 1.82) is 0 Å². The van der Waals surface area contributed by atoms with Gasteiger partial charge < -0.3 is 15.2 Å². The molecular formula is C16H16BrNO2. The molecule has 3 nitrogen and oxygen atoms in total. The van der Waals surface area contributed by atoms with Crippen molar-refractivity contribution in [1.82, 2.24) is 0 Å². The highest BCUT2D eigenvalue weighted by atomic mass is 79.9. The van der Waals surface area contributed by atoms with Crippen LogP contribution in [0.3, 0.4) is 0 Å². The second-order valence-corrected chi connectivity index (χ2v) is 5.93. The van der Waals surface area contributed by atoms with Crippen LogP contribution in [-0.2, 0) is 0 Å². The Morgan fingerprint density at radius 2 is 2.10 bits per heavy atom. The number of phenols is 1. The predicted molar refractivity (Wildman–Crippen MR) is 83.5 cm³/mol. The van der Waals surface area contributed by atoms with Gasteiger partial charge in [-0.05, 0) is 36.8 Å². The normalized spacial score (nSPS) is 17.2. The lowest BCUT2D eigenvalue weighted by Gasteiger charge is -2.27. The molecule has 2 aromatic rings. The van der Waals surface area contributed by atoms with Gasteiger partial charge in [-0.25, -0.2) is 0 Å². The summed E-state index contributed by atoms with van der Waals surface area (Å²) in [4.78, 5) is 0. The largest absolute Gasteiger partial charge is 0.508 e. The zero-order valence-corrected chi connectivity index (χ0v) is 12.8. The third kappa shape index (κ3) is 2.61. The Balaban J connectivity index is 1.89. The van der Waals surface area contributed by atoms with Gasteiger partial charge in [-0.2, -0.15) is 0 Å². The summed E-state index contributed by atoms with van der Waals surface area (Å²) in [6.45, 7) is 2.59. The number of phenolic OH excluding ortho intramolecular Hbond substituents is 1. The minimum atomic E-state index is 0.193. The number of rotatable bonds is 2. The van der Waals surface area contributed by atoms with E-state index in [4.69, 9.17) is 4.74 Å². The fourth-order valence-electron chi connectivity index (χ4n) is 2.42. The smallest absolute Gasteiger partial charge is 0.124 e. The topological polar surface area (TPSA) is 41.5 Å². The third-order valence-corrected chi connectivity index (χ3v) is 4.05. The average molecular weight is 334 g/mol. The number of benzene rings is 2. The van der Waals surface area contributed by atoms with E-state index in [1.807, 2.05) is 31.2 Å². The highest BCUT2D eigenvalue weighted by Crippen LogP contribution is 2.36. The van der Waals surface area contributed by atoms with Gasteiger partial charge in [0, 0.05) is 28.2 Å². The summed E-state index contributed by atoms with van der Waals surface area (Å²) < 4.78 is 6.72. The van der Waals surface area contributed by atoms with E-state index in [-0.39, 0.29) is 6.04 Å². The van der Waals surface area contributed by atoms with E-state index in [0.29, 0.717) is 12.4 Å². The molecule has 104 valence electrons. The molecule has 0 fully saturated rings. The van der Waals surface area contributed by atoms with Crippen LogP contribution in [0.25, 0.3) is 0 Å². The van der Waals surface area contributed by atoms with E-state index in [1.54, 1.807) is 6.07 Å². The molecule has 0 bridgehead atoms. The van der Waals surface area contributed by atoms with Gasteiger partial charge in [0.15, 0.2) is 0 Å². The van der Waals surface area contributed by atoms with E-state index in [2.05, 4.69) is 27.3 Å². The van der Waals surface area contributed by atoms with Crippen LogP contribution >= 0.6 is 15.9 Å². The van der Waals surface area contributed by atoms with E-state index < -0.39 is 0 Å². The van der Waals surface area contributed by atoms with Crippen LogP contribution in [0.2, 0.25) is 0 Å². The number of anilines is 1. The Bertz CT molecular complexity index is 642. The molecule has 0 aliphatic carbocycles. The van der Waals surface area contributed by atoms with Crippen molar-refractivity contribution in [3.05, 3.63) is 52.0 Å². The number of ether oxygens (including phenoxy) is 1. The molecule has 0 saturated heterocycles. The quantitative estimate of drug-likeness (QED) is 0.855. The summed E-state index contributed by atoms with van der Waals surface area (Å²) >= 11 is 3.50. The van der Waals surface area contributed by atoms with Crippen LogP contribution in [0.15, 0.2) is 40.9 Å². The van der Waals surface area contributed by atoms with Crippen molar-refractivity contribution in [2.75, 3.05) is 11.9 Å². The Labute approximate surface area is 126 Å². The number of fused-ring (bicyclic) bond motifs is 1. The summed E-state index contributed by atoms with van der Waals surface area (Å²) in [5.41, 5.74) is 2.95. The molecule has 0 radical (unpaired) electrons. The second kappa shape index (κ2) is 5.37. The molecule has 1 aliphatic rings. The van der Waals surface area contributed by atoms with Crippen molar-refractivity contribution in [3.63, 3.8) is 0 Å². The number of halogens is 1. The molecule has 0 saturated carbocycles. The minimum Gasteiger partial charge on any atom is -0.508 e. The van der Waals surface area contributed by atoms with E-state index in [1.165, 1.54) is 0 Å². The maximum absolute atomic E-state index is 9.80. The van der Waals surface area contributed by atoms with Gasteiger partial charge in [0.05, 0.1) is 12.6 Å². The van der Waals surface area contributed by atoms with Gasteiger partial charge in [-0.1, -0.05) is 22.0 Å². The Hall–Kier alpha value is -1.68. The Morgan fingerprint density at radius 1 is 1.25 bits per heavy atom. The summed E-state index contributed by atoms with van der Waals surface area (Å²) in [7, 11) is 0. The maximum Gasteiger partial charge on any atom is 0.124 e. The lowest BCUT2D eigenvalue weighted by atomic mass is 10.00. The van der Waals surface area contributed by atoms with Crippen molar-refractivity contribution in [3.8, 4) is 11.5 Å². The van der Waals surface area contributed by atoms with Crippen molar-refractivity contribution in [2.24, 2.45) is 0 Å². The number of aryl methyl sites for hydroxylation is 1. The number of aromatic hydroxyl groups is 1. The van der Waals surface area contributed by atoms with Crippen molar-refractivity contribution < 1.29 is 9.84 Å². The Morgan fingerprint density at radius 3 is 2.90 bits per heavy atom. The molecule has 2 N–H and O–H groups in total. The molecule has 0 aromatic heterocycles. The van der Waals surface area contributed by atoms with Gasteiger partial charge >= 0.3 is 0 Å². The molecule has 1 atom stereocenters. The third-order valence-electron chi connectivity index (χ3n) is 3.56. The van der Waals surface area contributed by atoms with E-state index in [9.17, 15) is 5.11 Å². The summed E-state index contributed by atoms with van der Waals surface area (Å²) in [6, 6.07) is 11.9. The van der Waals surface area contributed by atoms with Gasteiger partial charge in [0.2, 0.25) is 0 Å². The van der Waals surface area contributed by atoms with E-state index in [0.717, 1.165) is 33.5 Å². The fourth-order valence-corrected chi connectivity index (χ4v) is 2.79. The predicted octanol–water partition coefficient (Wildman–Crippen LogP) is 4.40. The summed E-state index contributed by atoms with van der Waals surface area (Å²) in [5, 5.41) is 13.3. The van der Waals surface area contributed by atoms with Crippen LogP contribution in [0, 0.1) is 6.92 Å². The average Bonchev–Trinajstić information content (AvgIpc) is 2.44. The molecule has 2 aromatic carbocycles. The van der Waals surface area contributed by atoms with Gasteiger partial charge in [0.25, 0.3) is 0 Å². The molecule has 1 unspecified atom stereocenters. The van der Waals surface area contributed by atoms with Crippen LogP contribution < -0.4 is 10.1 Å². The van der Waals surface area contributed by atoms with Gasteiger partial charge in [-0.3, -0.25) is 0 Å². The first kappa shape index (κ1) is 13.3. The van der Waals surface area contributed by atoms with Crippen LogP contribution in [-0.4, -0.2) is 11.7 Å². The zero-order chi connectivity index (χ0) is 14.1. The second-order valence-electron chi connectivity index (χ2n) is 5.02. The number of nitrogens with one attached hydrogen (secondary N) is 1. The number of hydrogen-bond acceptors (Lipinski definition) is 3. The number of hydrogen-bond donors (Lipinski definition) is 2. The van der Waals surface area contributed by atoms with Crippen LogP contribution in [0.4, 0.5) is 5.69 Å². The molecule has 4 heteroatoms. The van der Waals surface area contributed by atoms with Crippen LogP contribution in [0.1, 0.15) is 23.6 Å². The lowest BCUT2D eigenvalue weighted by molar-refractivity contribution is 0.274.